The second-order valence-corrected chi connectivity index (χ2v) is 8.34. The number of hydrogen-bond acceptors (Lipinski definition) is 7. The molecule has 0 radical (unpaired) electrons. The number of carbonyl (C=O) groups excluding carboxylic acids is 4. The first-order valence-corrected chi connectivity index (χ1v) is 10.8. The molecule has 0 unspecified atom stereocenters. The molecule has 1 fully saturated rings. The maximum absolute atomic E-state index is 13.7. The SMILES string of the molecule is COC(=O)COc1ccc(/C=C2/SC(=O)N(CC(=O)Nc3ccc(F)cc3F)C2=O)cc1Br. The summed E-state index contributed by atoms with van der Waals surface area (Å²) in [6.07, 6.45) is 1.46. The Morgan fingerprint density at radius 1 is 1.18 bits per heavy atom. The van der Waals surface area contributed by atoms with Crippen LogP contribution in [0.15, 0.2) is 45.8 Å². The Balaban J connectivity index is 1.67. The number of methoxy groups -OCH3 is 1. The molecule has 0 aromatic heterocycles. The monoisotopic (exact) mass is 540 g/mol. The molecule has 1 aliphatic rings. The smallest absolute Gasteiger partial charge is 0.343 e. The van der Waals surface area contributed by atoms with Crippen LogP contribution in [0.25, 0.3) is 6.08 Å². The Morgan fingerprint density at radius 2 is 1.94 bits per heavy atom. The van der Waals surface area contributed by atoms with Gasteiger partial charge in [0.2, 0.25) is 5.91 Å². The standard InChI is InChI=1S/C21H15BrF2N2O6S/c1-31-19(28)10-32-16-5-2-11(6-13(16)22)7-17-20(29)26(21(30)33-17)9-18(27)25-15-4-3-12(23)8-14(15)24/h2-8H,9-10H2,1H3,(H,25,27)/b17-7+. The molecule has 0 spiro atoms. The fraction of sp³-hybridized carbons (Fsp3) is 0.143. The predicted octanol–water partition coefficient (Wildman–Crippen LogP) is 3.95. The molecule has 2 aromatic carbocycles. The fourth-order valence-electron chi connectivity index (χ4n) is 2.63. The first kappa shape index (κ1) is 24.4. The van der Waals surface area contributed by atoms with E-state index in [-0.39, 0.29) is 17.2 Å². The van der Waals surface area contributed by atoms with Gasteiger partial charge in [-0.25, -0.2) is 13.6 Å². The Morgan fingerprint density at radius 3 is 2.61 bits per heavy atom. The molecular weight excluding hydrogens is 526 g/mol. The van der Waals surface area contributed by atoms with Gasteiger partial charge < -0.3 is 14.8 Å². The third-order valence-corrected chi connectivity index (χ3v) is 5.73. The molecule has 1 saturated heterocycles. The number of hydrogen-bond donors (Lipinski definition) is 1. The summed E-state index contributed by atoms with van der Waals surface area (Å²) in [5.74, 6) is -3.49. The predicted molar refractivity (Wildman–Crippen MR) is 119 cm³/mol. The van der Waals surface area contributed by atoms with Crippen molar-refractivity contribution in [2.45, 2.75) is 0 Å². The van der Waals surface area contributed by atoms with Crippen LogP contribution >= 0.6 is 27.7 Å². The summed E-state index contributed by atoms with van der Waals surface area (Å²) in [5, 5.41) is 1.53. The number of nitrogens with one attached hydrogen (secondary N) is 1. The van der Waals surface area contributed by atoms with E-state index in [1.165, 1.54) is 13.2 Å². The van der Waals surface area contributed by atoms with Gasteiger partial charge in [0.15, 0.2) is 6.61 Å². The van der Waals surface area contributed by atoms with Crippen molar-refractivity contribution in [3.05, 3.63) is 63.0 Å². The Kier molecular flexibility index (Phi) is 7.82. The fourth-order valence-corrected chi connectivity index (χ4v) is 3.98. The third-order valence-electron chi connectivity index (χ3n) is 4.21. The number of imide groups is 1. The van der Waals surface area contributed by atoms with E-state index < -0.39 is 41.2 Å². The van der Waals surface area contributed by atoms with E-state index in [9.17, 15) is 28.0 Å². The molecule has 1 heterocycles. The van der Waals surface area contributed by atoms with E-state index in [0.717, 1.165) is 17.0 Å². The Labute approximate surface area is 199 Å². The summed E-state index contributed by atoms with van der Waals surface area (Å²) in [6.45, 7) is -0.917. The molecule has 2 aromatic rings. The molecule has 0 atom stereocenters. The van der Waals surface area contributed by atoms with Gasteiger partial charge in [-0.3, -0.25) is 19.3 Å². The first-order chi connectivity index (χ1) is 15.7. The summed E-state index contributed by atoms with van der Waals surface area (Å²) in [7, 11) is 1.24. The normalized spacial score (nSPS) is 14.5. The summed E-state index contributed by atoms with van der Waals surface area (Å²) >= 11 is 3.94. The van der Waals surface area contributed by atoms with Gasteiger partial charge in [0, 0.05) is 6.07 Å². The zero-order chi connectivity index (χ0) is 24.1. The molecule has 33 heavy (non-hydrogen) atoms. The molecule has 8 nitrogen and oxygen atoms in total. The van der Waals surface area contributed by atoms with E-state index >= 15 is 0 Å². The van der Waals surface area contributed by atoms with Gasteiger partial charge in [-0.2, -0.15) is 0 Å². The molecule has 172 valence electrons. The van der Waals surface area contributed by atoms with Gasteiger partial charge in [-0.15, -0.1) is 0 Å². The number of thioether (sulfide) groups is 1. The lowest BCUT2D eigenvalue weighted by atomic mass is 10.2. The van der Waals surface area contributed by atoms with E-state index in [1.807, 2.05) is 0 Å². The number of amides is 3. The maximum atomic E-state index is 13.7. The molecule has 1 aliphatic heterocycles. The number of esters is 1. The molecule has 0 aliphatic carbocycles. The zero-order valence-corrected chi connectivity index (χ0v) is 19.3. The molecular formula is C21H15BrF2N2O6S. The number of halogens is 3. The Bertz CT molecular complexity index is 1170. The molecule has 0 bridgehead atoms. The van der Waals surface area contributed by atoms with Crippen LogP contribution in [0.3, 0.4) is 0 Å². The van der Waals surface area contributed by atoms with Crippen molar-refractivity contribution in [1.29, 1.82) is 0 Å². The van der Waals surface area contributed by atoms with Crippen LogP contribution in [0.1, 0.15) is 5.56 Å². The van der Waals surface area contributed by atoms with E-state index in [1.54, 1.807) is 18.2 Å². The minimum absolute atomic E-state index is 0.0795. The average molecular weight is 541 g/mol. The summed E-state index contributed by atoms with van der Waals surface area (Å²) in [6, 6.07) is 7.38. The lowest BCUT2D eigenvalue weighted by molar-refractivity contribution is -0.143. The van der Waals surface area contributed by atoms with Crippen LogP contribution in [0.4, 0.5) is 19.3 Å². The lowest BCUT2D eigenvalue weighted by Crippen LogP contribution is -2.36. The van der Waals surface area contributed by atoms with Gasteiger partial charge in [-0.05, 0) is 63.6 Å². The average Bonchev–Trinajstić information content (AvgIpc) is 3.02. The Hall–Kier alpha value is -3.25. The van der Waals surface area contributed by atoms with Gasteiger partial charge >= 0.3 is 5.97 Å². The van der Waals surface area contributed by atoms with E-state index in [2.05, 4.69) is 26.0 Å². The van der Waals surface area contributed by atoms with E-state index in [0.29, 0.717) is 33.6 Å². The summed E-state index contributed by atoms with van der Waals surface area (Å²) < 4.78 is 37.0. The van der Waals surface area contributed by atoms with Crippen LogP contribution in [0.2, 0.25) is 0 Å². The maximum Gasteiger partial charge on any atom is 0.343 e. The van der Waals surface area contributed by atoms with Gasteiger partial charge in [-0.1, -0.05) is 6.07 Å². The highest BCUT2D eigenvalue weighted by Crippen LogP contribution is 2.34. The van der Waals surface area contributed by atoms with E-state index in [4.69, 9.17) is 4.74 Å². The van der Waals surface area contributed by atoms with Crippen molar-refractivity contribution in [1.82, 2.24) is 4.90 Å². The summed E-state index contributed by atoms with van der Waals surface area (Å²) in [4.78, 5) is 49.0. The molecule has 3 rings (SSSR count). The van der Waals surface area contributed by atoms with Crippen molar-refractivity contribution >= 4 is 62.5 Å². The van der Waals surface area contributed by atoms with Crippen molar-refractivity contribution < 1.29 is 37.4 Å². The molecule has 12 heteroatoms. The minimum Gasteiger partial charge on any atom is -0.481 e. The topological polar surface area (TPSA) is 102 Å². The first-order valence-electron chi connectivity index (χ1n) is 9.17. The highest BCUT2D eigenvalue weighted by Gasteiger charge is 2.36. The second kappa shape index (κ2) is 10.6. The number of anilines is 1. The highest BCUT2D eigenvalue weighted by atomic mass is 79.9. The largest absolute Gasteiger partial charge is 0.481 e. The van der Waals surface area contributed by atoms with Crippen molar-refractivity contribution in [3.8, 4) is 5.75 Å². The van der Waals surface area contributed by atoms with Crippen LogP contribution < -0.4 is 10.1 Å². The number of benzene rings is 2. The zero-order valence-electron chi connectivity index (χ0n) is 16.9. The third kappa shape index (κ3) is 6.17. The quantitative estimate of drug-likeness (QED) is 0.419. The van der Waals surface area contributed by atoms with Crippen molar-refractivity contribution in [3.63, 3.8) is 0 Å². The van der Waals surface area contributed by atoms with Gasteiger partial charge in [0.05, 0.1) is 22.2 Å². The minimum atomic E-state index is -0.984. The highest BCUT2D eigenvalue weighted by molar-refractivity contribution is 9.10. The van der Waals surface area contributed by atoms with Gasteiger partial charge in [0.1, 0.15) is 23.9 Å². The molecule has 3 amide bonds. The molecule has 1 N–H and O–H groups in total. The number of rotatable bonds is 7. The van der Waals surface area contributed by atoms with Crippen LogP contribution in [-0.4, -0.2) is 48.2 Å². The number of ether oxygens (including phenoxy) is 2. The van der Waals surface area contributed by atoms with Gasteiger partial charge in [0.25, 0.3) is 11.1 Å². The number of nitrogens with zero attached hydrogens (tertiary/aromatic N) is 1. The lowest BCUT2D eigenvalue weighted by Gasteiger charge is -2.12. The van der Waals surface area contributed by atoms with Crippen molar-refractivity contribution in [2.75, 3.05) is 25.6 Å². The second-order valence-electron chi connectivity index (χ2n) is 6.49. The van der Waals surface area contributed by atoms with Crippen LogP contribution in [-0.2, 0) is 19.1 Å². The van der Waals surface area contributed by atoms with Crippen LogP contribution in [0, 0.1) is 11.6 Å². The number of carbonyl (C=O) groups is 4. The van der Waals surface area contributed by atoms with Crippen LogP contribution in [0.5, 0.6) is 5.75 Å². The summed E-state index contributed by atoms with van der Waals surface area (Å²) in [5.41, 5.74) is 0.277. The van der Waals surface area contributed by atoms with Crippen molar-refractivity contribution in [2.24, 2.45) is 0 Å². The molecule has 0 saturated carbocycles.